The molecule has 1 N–H and O–H groups in total. The monoisotopic (exact) mass is 276 g/mol. The van der Waals surface area contributed by atoms with Gasteiger partial charge in [-0.05, 0) is 45.2 Å². The smallest absolute Gasteiger partial charge is 0.214 e. The van der Waals surface area contributed by atoms with E-state index in [1.54, 1.807) is 11.4 Å². The number of hydrogen-bond donors (Lipinski definition) is 1. The maximum Gasteiger partial charge on any atom is 0.214 e. The van der Waals surface area contributed by atoms with Crippen LogP contribution >= 0.6 is 0 Å². The zero-order valence-corrected chi connectivity index (χ0v) is 12.8. The lowest BCUT2D eigenvalue weighted by atomic mass is 9.86. The highest BCUT2D eigenvalue weighted by Crippen LogP contribution is 2.28. The van der Waals surface area contributed by atoms with E-state index in [4.69, 9.17) is 0 Å². The molecule has 0 aromatic carbocycles. The summed E-state index contributed by atoms with van der Waals surface area (Å²) in [4.78, 5) is 0. The second-order valence-corrected chi connectivity index (χ2v) is 7.62. The molecule has 0 bridgehead atoms. The summed E-state index contributed by atoms with van der Waals surface area (Å²) >= 11 is 0. The maximum atomic E-state index is 12.2. The third kappa shape index (κ3) is 4.52. The summed E-state index contributed by atoms with van der Waals surface area (Å²) in [5.41, 5.74) is 0. The van der Waals surface area contributed by atoms with Crippen molar-refractivity contribution in [2.24, 2.45) is 5.92 Å². The van der Waals surface area contributed by atoms with Gasteiger partial charge in [0.1, 0.15) is 0 Å². The molecule has 0 aromatic heterocycles. The highest BCUT2D eigenvalue weighted by molar-refractivity contribution is 7.89. The highest BCUT2D eigenvalue weighted by Gasteiger charge is 2.31. The number of unbranched alkanes of at least 4 members (excludes halogenated alkanes) is 1. The number of nitrogens with one attached hydrogen (secondary N) is 1. The van der Waals surface area contributed by atoms with Crippen LogP contribution in [-0.2, 0) is 10.0 Å². The first kappa shape index (κ1) is 15.9. The Morgan fingerprint density at radius 2 is 1.89 bits per heavy atom. The first-order chi connectivity index (χ1) is 8.49. The molecule has 1 rings (SSSR count). The first-order valence-corrected chi connectivity index (χ1v) is 8.70. The molecular formula is C13H28N2O2S. The molecule has 1 fully saturated rings. The van der Waals surface area contributed by atoms with Crippen molar-refractivity contribution in [1.29, 1.82) is 0 Å². The van der Waals surface area contributed by atoms with Crippen LogP contribution in [0.5, 0.6) is 0 Å². The van der Waals surface area contributed by atoms with Gasteiger partial charge in [0.05, 0.1) is 5.75 Å². The Bertz CT molecular complexity index is 330. The molecule has 18 heavy (non-hydrogen) atoms. The molecule has 5 heteroatoms. The fraction of sp³-hybridized carbons (Fsp3) is 1.00. The van der Waals surface area contributed by atoms with Gasteiger partial charge in [-0.3, -0.25) is 0 Å². The lowest BCUT2D eigenvalue weighted by Gasteiger charge is -2.35. The molecule has 2 unspecified atom stereocenters. The second-order valence-electron chi connectivity index (χ2n) is 5.47. The van der Waals surface area contributed by atoms with Crippen LogP contribution in [0.4, 0.5) is 0 Å². The van der Waals surface area contributed by atoms with Gasteiger partial charge in [0.2, 0.25) is 10.0 Å². The van der Waals surface area contributed by atoms with Crippen molar-refractivity contribution in [1.82, 2.24) is 9.62 Å². The number of hydrogen-bond acceptors (Lipinski definition) is 3. The van der Waals surface area contributed by atoms with Crippen molar-refractivity contribution < 1.29 is 8.42 Å². The molecule has 1 aliphatic rings. The Labute approximate surface area is 112 Å². The van der Waals surface area contributed by atoms with Gasteiger partial charge in [-0.2, -0.15) is 0 Å². The molecule has 2 atom stereocenters. The van der Waals surface area contributed by atoms with Crippen LogP contribution in [-0.4, -0.2) is 45.2 Å². The van der Waals surface area contributed by atoms with Crippen molar-refractivity contribution in [3.8, 4) is 0 Å². The van der Waals surface area contributed by atoms with E-state index in [1.165, 1.54) is 6.42 Å². The van der Waals surface area contributed by atoms with Crippen LogP contribution in [0.3, 0.4) is 0 Å². The van der Waals surface area contributed by atoms with Crippen LogP contribution in [0, 0.1) is 5.92 Å². The van der Waals surface area contributed by atoms with E-state index in [0.29, 0.717) is 5.92 Å². The normalized spacial score (nSPS) is 25.6. The van der Waals surface area contributed by atoms with Crippen LogP contribution in [0.1, 0.15) is 45.4 Å². The molecule has 0 aromatic rings. The van der Waals surface area contributed by atoms with Crippen molar-refractivity contribution in [2.75, 3.05) is 26.4 Å². The molecule has 0 aliphatic heterocycles. The second kappa shape index (κ2) is 7.46. The molecule has 0 heterocycles. The minimum Gasteiger partial charge on any atom is -0.320 e. The predicted molar refractivity (Wildman–Crippen MR) is 76.1 cm³/mol. The number of rotatable bonds is 7. The average molecular weight is 276 g/mol. The SMILES string of the molecule is CNCCCCS(=O)(=O)N(C)C1CCCCC1C. The molecule has 0 saturated heterocycles. The summed E-state index contributed by atoms with van der Waals surface area (Å²) in [5, 5.41) is 3.05. The summed E-state index contributed by atoms with van der Waals surface area (Å²) in [6.07, 6.45) is 6.25. The van der Waals surface area contributed by atoms with Gasteiger partial charge < -0.3 is 5.32 Å². The zero-order chi connectivity index (χ0) is 13.6. The topological polar surface area (TPSA) is 49.4 Å². The summed E-state index contributed by atoms with van der Waals surface area (Å²) < 4.78 is 26.1. The van der Waals surface area contributed by atoms with Gasteiger partial charge in [0.15, 0.2) is 0 Å². The molecule has 1 saturated carbocycles. The van der Waals surface area contributed by atoms with E-state index in [-0.39, 0.29) is 11.8 Å². The third-order valence-electron chi connectivity index (χ3n) is 4.05. The molecule has 0 radical (unpaired) electrons. The van der Waals surface area contributed by atoms with Gasteiger partial charge in [-0.15, -0.1) is 0 Å². The van der Waals surface area contributed by atoms with E-state index in [2.05, 4.69) is 12.2 Å². The molecular weight excluding hydrogens is 248 g/mol. The molecule has 4 nitrogen and oxygen atoms in total. The minimum absolute atomic E-state index is 0.216. The standard InChI is InChI=1S/C13H28N2O2S/c1-12-8-4-5-9-13(12)15(3)18(16,17)11-7-6-10-14-2/h12-14H,4-11H2,1-3H3. The van der Waals surface area contributed by atoms with Gasteiger partial charge in [-0.25, -0.2) is 12.7 Å². The molecule has 0 amide bonds. The van der Waals surface area contributed by atoms with E-state index < -0.39 is 10.0 Å². The minimum atomic E-state index is -3.07. The van der Waals surface area contributed by atoms with Crippen LogP contribution < -0.4 is 5.32 Å². The van der Waals surface area contributed by atoms with Gasteiger partial charge >= 0.3 is 0 Å². The highest BCUT2D eigenvalue weighted by atomic mass is 32.2. The molecule has 108 valence electrons. The third-order valence-corrected chi connectivity index (χ3v) is 6.00. The van der Waals surface area contributed by atoms with Gasteiger partial charge in [0.25, 0.3) is 0 Å². The fourth-order valence-electron chi connectivity index (χ4n) is 2.77. The Morgan fingerprint density at radius 1 is 1.22 bits per heavy atom. The van der Waals surface area contributed by atoms with E-state index in [1.807, 2.05) is 7.05 Å². The van der Waals surface area contributed by atoms with Gasteiger partial charge in [-0.1, -0.05) is 19.8 Å². The van der Waals surface area contributed by atoms with Crippen molar-refractivity contribution in [3.05, 3.63) is 0 Å². The lowest BCUT2D eigenvalue weighted by molar-refractivity contribution is 0.213. The summed E-state index contributed by atoms with van der Waals surface area (Å²) in [5.74, 6) is 0.782. The predicted octanol–water partition coefficient (Wildman–Crippen LogP) is 1.83. The number of nitrogens with zero attached hydrogens (tertiary/aromatic N) is 1. The Balaban J connectivity index is 2.49. The van der Waals surface area contributed by atoms with E-state index >= 15 is 0 Å². The zero-order valence-electron chi connectivity index (χ0n) is 12.0. The maximum absolute atomic E-state index is 12.2. The van der Waals surface area contributed by atoms with Gasteiger partial charge in [0, 0.05) is 13.1 Å². The van der Waals surface area contributed by atoms with Crippen LogP contribution in [0.15, 0.2) is 0 Å². The largest absolute Gasteiger partial charge is 0.320 e. The quantitative estimate of drug-likeness (QED) is 0.722. The number of sulfonamides is 1. The Morgan fingerprint density at radius 3 is 2.50 bits per heavy atom. The van der Waals surface area contributed by atoms with Crippen LogP contribution in [0.2, 0.25) is 0 Å². The van der Waals surface area contributed by atoms with Crippen molar-refractivity contribution >= 4 is 10.0 Å². The average Bonchev–Trinajstić information content (AvgIpc) is 2.34. The van der Waals surface area contributed by atoms with Crippen molar-refractivity contribution in [2.45, 2.75) is 51.5 Å². The lowest BCUT2D eigenvalue weighted by Crippen LogP contribution is -2.43. The molecule has 1 aliphatic carbocycles. The fourth-order valence-corrected chi connectivity index (χ4v) is 4.36. The van der Waals surface area contributed by atoms with Crippen molar-refractivity contribution in [3.63, 3.8) is 0 Å². The summed E-state index contributed by atoms with van der Waals surface area (Å²) in [7, 11) is 0.589. The van der Waals surface area contributed by atoms with E-state index in [0.717, 1.165) is 38.6 Å². The van der Waals surface area contributed by atoms with Crippen LogP contribution in [0.25, 0.3) is 0 Å². The Hall–Kier alpha value is -0.130. The summed E-state index contributed by atoms with van der Waals surface area (Å²) in [6.45, 7) is 3.07. The van der Waals surface area contributed by atoms with E-state index in [9.17, 15) is 8.42 Å². The summed E-state index contributed by atoms with van der Waals surface area (Å²) in [6, 6.07) is 0.216. The first-order valence-electron chi connectivity index (χ1n) is 7.09. The molecule has 0 spiro atoms. The Kier molecular flexibility index (Phi) is 6.60.